The van der Waals surface area contributed by atoms with Gasteiger partial charge in [0.05, 0.1) is 67.2 Å². The van der Waals surface area contributed by atoms with Crippen LogP contribution in [-0.2, 0) is 0 Å². The van der Waals surface area contributed by atoms with Crippen molar-refractivity contribution in [1.82, 2.24) is 8.80 Å². The summed E-state index contributed by atoms with van der Waals surface area (Å²) < 4.78 is 18.9. The Balaban J connectivity index is 0.866. The molecule has 6 heterocycles. The van der Waals surface area contributed by atoms with Gasteiger partial charge in [0.1, 0.15) is 11.2 Å². The number of nitrogens with zero attached hydrogens (tertiary/aromatic N) is 4. The van der Waals surface area contributed by atoms with Crippen molar-refractivity contribution in [2.45, 2.75) is 0 Å². The lowest BCUT2D eigenvalue weighted by molar-refractivity contribution is 0.669. The van der Waals surface area contributed by atoms with Crippen LogP contribution in [0.4, 0.5) is 34.1 Å². The quantitative estimate of drug-likeness (QED) is 0.152. The first-order valence-electron chi connectivity index (χ1n) is 28.7. The second kappa shape index (κ2) is 17.1. The molecule has 0 unspecified atom stereocenters. The van der Waals surface area contributed by atoms with Gasteiger partial charge in [0.15, 0.2) is 11.2 Å². The zero-order chi connectivity index (χ0) is 54.7. The Bertz CT molecular complexity index is 5520. The van der Waals surface area contributed by atoms with Gasteiger partial charge in [0.2, 0.25) is 0 Å². The smallest absolute Gasteiger partial charge is 0.159 e. The van der Waals surface area contributed by atoms with Crippen LogP contribution in [0.3, 0.4) is 0 Å². The first kappa shape index (κ1) is 45.4. The van der Waals surface area contributed by atoms with Crippen molar-refractivity contribution in [2.24, 2.45) is 0 Å². The van der Waals surface area contributed by atoms with Gasteiger partial charge in [-0.2, -0.15) is 0 Å². The number of hydrogen-bond donors (Lipinski definition) is 0. The molecule has 6 aromatic heterocycles. The average molecular weight is 1070 g/mol. The number of benzene rings is 13. The largest absolute Gasteiger partial charge is 0.454 e. The highest BCUT2D eigenvalue weighted by Crippen LogP contribution is 2.54. The molecular formula is C78H46N4O2. The highest BCUT2D eigenvalue weighted by atomic mass is 16.3. The van der Waals surface area contributed by atoms with E-state index in [0.717, 1.165) is 111 Å². The summed E-state index contributed by atoms with van der Waals surface area (Å²) in [4.78, 5) is 4.89. The number of anilines is 6. The summed E-state index contributed by atoms with van der Waals surface area (Å²) in [6.45, 7) is 0. The van der Waals surface area contributed by atoms with Gasteiger partial charge in [-0.25, -0.2) is 0 Å². The molecule has 6 nitrogen and oxygen atoms in total. The highest BCUT2D eigenvalue weighted by Gasteiger charge is 2.30. The van der Waals surface area contributed by atoms with E-state index in [1.165, 1.54) is 65.2 Å². The molecule has 0 saturated carbocycles. The molecule has 0 spiro atoms. The predicted molar refractivity (Wildman–Crippen MR) is 351 cm³/mol. The molecule has 0 amide bonds. The summed E-state index contributed by atoms with van der Waals surface area (Å²) in [6, 6.07) is 101. The number of fused-ring (bicyclic) bond motifs is 18. The molecule has 0 aliphatic rings. The molecule has 0 atom stereocenters. The lowest BCUT2D eigenvalue weighted by atomic mass is 10.00. The lowest BCUT2D eigenvalue weighted by Crippen LogP contribution is -2.12. The molecule has 0 bridgehead atoms. The summed E-state index contributed by atoms with van der Waals surface area (Å²) in [5, 5.41) is 14.0. The molecule has 0 radical (unpaired) electrons. The van der Waals surface area contributed by atoms with Crippen molar-refractivity contribution in [1.29, 1.82) is 0 Å². The topological polar surface area (TPSA) is 41.6 Å². The van der Waals surface area contributed by atoms with Crippen molar-refractivity contribution < 1.29 is 8.83 Å². The standard InChI is InChI=1S/C78H46N4O2/c1-3-21-47(22-4-1)49-25-7-11-35-61(49)79(67-41-17-31-55-51-27-9-13-43-71(51)83-77(55)67)63-37-19-39-65-73(63)57-33-15-29-53-59-46-70-60(45-69(59)81(65)75(53)57)54-30-16-34-58-74-64(38-20-40-66(74)82(70)76(54)58)80(62-36-12-8-26-50(62)48-23-5-2-6-24-48)68-42-18-32-56-52-28-10-14-44-72(52)84-78(56)68/h1-46H. The Hall–Kier alpha value is -11.3. The van der Waals surface area contributed by atoms with Gasteiger partial charge in [0.25, 0.3) is 0 Å². The third kappa shape index (κ3) is 6.12. The summed E-state index contributed by atoms with van der Waals surface area (Å²) in [7, 11) is 0. The van der Waals surface area contributed by atoms with E-state index in [9.17, 15) is 0 Å². The van der Waals surface area contributed by atoms with E-state index in [0.29, 0.717) is 0 Å². The van der Waals surface area contributed by atoms with Gasteiger partial charge < -0.3 is 27.4 Å². The zero-order valence-electron chi connectivity index (χ0n) is 45.2. The van der Waals surface area contributed by atoms with Crippen molar-refractivity contribution >= 4 is 154 Å². The molecule has 0 aliphatic heterocycles. The van der Waals surface area contributed by atoms with Crippen molar-refractivity contribution in [2.75, 3.05) is 9.80 Å². The van der Waals surface area contributed by atoms with Crippen LogP contribution in [0.1, 0.15) is 0 Å². The molecule has 0 fully saturated rings. The van der Waals surface area contributed by atoms with E-state index in [1.807, 2.05) is 0 Å². The molecule has 19 rings (SSSR count). The Labute approximate surface area is 480 Å². The van der Waals surface area contributed by atoms with E-state index in [4.69, 9.17) is 8.83 Å². The fourth-order valence-corrected chi connectivity index (χ4v) is 14.5. The van der Waals surface area contributed by atoms with Crippen molar-refractivity contribution in [3.05, 3.63) is 279 Å². The summed E-state index contributed by atoms with van der Waals surface area (Å²) in [6.07, 6.45) is 0. The van der Waals surface area contributed by atoms with Crippen LogP contribution in [0.25, 0.3) is 142 Å². The normalized spacial score (nSPS) is 12.3. The van der Waals surface area contributed by atoms with Crippen LogP contribution in [0.15, 0.2) is 288 Å². The van der Waals surface area contributed by atoms with Crippen LogP contribution in [0, 0.1) is 0 Å². The van der Waals surface area contributed by atoms with Gasteiger partial charge in [-0.15, -0.1) is 0 Å². The summed E-state index contributed by atoms with van der Waals surface area (Å²) >= 11 is 0. The zero-order valence-corrected chi connectivity index (χ0v) is 45.2. The Morgan fingerprint density at radius 2 is 0.583 bits per heavy atom. The van der Waals surface area contributed by atoms with Gasteiger partial charge in [0, 0.05) is 75.8 Å². The maximum atomic E-state index is 6.90. The maximum Gasteiger partial charge on any atom is 0.159 e. The van der Waals surface area contributed by atoms with Gasteiger partial charge in [-0.3, -0.25) is 0 Å². The van der Waals surface area contributed by atoms with E-state index >= 15 is 0 Å². The first-order chi connectivity index (χ1) is 41.7. The Morgan fingerprint density at radius 1 is 0.238 bits per heavy atom. The van der Waals surface area contributed by atoms with Crippen LogP contribution < -0.4 is 9.80 Å². The third-order valence-electron chi connectivity index (χ3n) is 17.9. The fraction of sp³-hybridized carbons (Fsp3) is 0. The maximum absolute atomic E-state index is 6.90. The predicted octanol–water partition coefficient (Wildman–Crippen LogP) is 22.1. The number of hydrogen-bond acceptors (Lipinski definition) is 4. The average Bonchev–Trinajstić information content (AvgIpc) is 1.79. The van der Waals surface area contributed by atoms with E-state index in [2.05, 4.69) is 298 Å². The molecule has 0 saturated heterocycles. The van der Waals surface area contributed by atoms with Crippen LogP contribution in [0.5, 0.6) is 0 Å². The molecule has 0 N–H and O–H groups in total. The van der Waals surface area contributed by atoms with Crippen molar-refractivity contribution in [3.63, 3.8) is 0 Å². The molecule has 13 aromatic carbocycles. The Morgan fingerprint density at radius 3 is 1.06 bits per heavy atom. The van der Waals surface area contributed by atoms with E-state index in [-0.39, 0.29) is 0 Å². The third-order valence-corrected chi connectivity index (χ3v) is 17.9. The van der Waals surface area contributed by atoms with Gasteiger partial charge in [-0.05, 0) is 83.9 Å². The van der Waals surface area contributed by atoms with Crippen LogP contribution >= 0.6 is 0 Å². The number of furan rings is 2. The molecular weight excluding hydrogens is 1020 g/mol. The van der Waals surface area contributed by atoms with Gasteiger partial charge in [-0.1, -0.05) is 206 Å². The molecule has 19 aromatic rings. The van der Waals surface area contributed by atoms with Crippen molar-refractivity contribution in [3.8, 4) is 22.3 Å². The van der Waals surface area contributed by atoms with Gasteiger partial charge >= 0.3 is 0 Å². The molecule has 390 valence electrons. The van der Waals surface area contributed by atoms with Crippen LogP contribution in [-0.4, -0.2) is 8.80 Å². The van der Waals surface area contributed by atoms with Crippen LogP contribution in [0.2, 0.25) is 0 Å². The Kier molecular flexibility index (Phi) is 9.24. The second-order valence-electron chi connectivity index (χ2n) is 22.2. The number of rotatable bonds is 8. The molecule has 0 aliphatic carbocycles. The highest BCUT2D eigenvalue weighted by molar-refractivity contribution is 6.32. The molecule has 84 heavy (non-hydrogen) atoms. The summed E-state index contributed by atoms with van der Waals surface area (Å²) in [5.74, 6) is 0. The number of para-hydroxylation sites is 8. The minimum Gasteiger partial charge on any atom is -0.454 e. The minimum absolute atomic E-state index is 0.849. The fourth-order valence-electron chi connectivity index (χ4n) is 14.5. The minimum atomic E-state index is 0.849. The number of aromatic nitrogens is 2. The SMILES string of the molecule is c1ccc(-c2ccccc2N(c2cccc3c2oc2ccccc23)c2cccc3c2c2cccc4c5cc6c(cc5n3c42)c2cccc3c4c(N(c5ccccc5-c5ccccc5)c5cccc7c5oc5ccccc57)cccc4n6c23)cc1. The molecule has 6 heteroatoms. The lowest BCUT2D eigenvalue weighted by Gasteiger charge is -2.28. The monoisotopic (exact) mass is 1070 g/mol. The van der Waals surface area contributed by atoms with E-state index in [1.54, 1.807) is 0 Å². The van der Waals surface area contributed by atoms with E-state index < -0.39 is 0 Å². The first-order valence-corrected chi connectivity index (χ1v) is 28.7. The second-order valence-corrected chi connectivity index (χ2v) is 22.2. The summed E-state index contributed by atoms with van der Waals surface area (Å²) in [5.41, 5.74) is 21.3.